The Kier molecular flexibility index (Phi) is 9.43. The minimum Gasteiger partial charge on any atom is -0.493 e. The number of hydrogen-bond donors (Lipinski definition) is 0. The first kappa shape index (κ1) is 25.1. The molecule has 174 valence electrons. The van der Waals surface area contributed by atoms with Gasteiger partial charge in [0.2, 0.25) is 5.91 Å². The molecular weight excluding hydrogens is 408 g/mol. The Bertz CT molecular complexity index is 899. The Morgan fingerprint density at radius 1 is 1.03 bits per heavy atom. The van der Waals surface area contributed by atoms with Gasteiger partial charge in [0.25, 0.3) is 5.91 Å². The van der Waals surface area contributed by atoms with Crippen LogP contribution in [-0.4, -0.2) is 72.5 Å². The van der Waals surface area contributed by atoms with Gasteiger partial charge in [-0.1, -0.05) is 19.9 Å². The highest BCUT2D eigenvalue weighted by molar-refractivity contribution is 5.92. The maximum atomic E-state index is 12.9. The van der Waals surface area contributed by atoms with Crippen molar-refractivity contribution < 1.29 is 19.1 Å². The van der Waals surface area contributed by atoms with Crippen molar-refractivity contribution in [2.75, 3.05) is 40.9 Å². The molecule has 1 heterocycles. The second-order valence-corrected chi connectivity index (χ2v) is 8.19. The predicted octanol–water partition coefficient (Wildman–Crippen LogP) is 2.99. The fraction of sp³-hybridized carbons (Fsp3) is 0.500. The van der Waals surface area contributed by atoms with Gasteiger partial charge < -0.3 is 19.3 Å². The molecule has 0 saturated heterocycles. The third kappa shape index (κ3) is 7.21. The van der Waals surface area contributed by atoms with Crippen LogP contribution in [0.5, 0.6) is 11.5 Å². The number of nitrogens with zero attached hydrogens (tertiary/aromatic N) is 4. The quantitative estimate of drug-likeness (QED) is 0.532. The second-order valence-electron chi connectivity index (χ2n) is 8.19. The SMILES string of the molecule is COc1ccc(CCN(C)C(=O)CCN(CC(C)C)C(=O)c2cnc(C)cn2)cc1OC. The molecule has 2 aromatic rings. The Labute approximate surface area is 190 Å². The molecule has 0 unspecified atom stereocenters. The Hall–Kier alpha value is -3.16. The number of carbonyl (C=O) groups is 2. The lowest BCUT2D eigenvalue weighted by molar-refractivity contribution is -0.130. The van der Waals surface area contributed by atoms with Crippen molar-refractivity contribution in [1.29, 1.82) is 0 Å². The number of carbonyl (C=O) groups excluding carboxylic acids is 2. The summed E-state index contributed by atoms with van der Waals surface area (Å²) in [6, 6.07) is 5.74. The van der Waals surface area contributed by atoms with Crippen molar-refractivity contribution >= 4 is 11.8 Å². The summed E-state index contributed by atoms with van der Waals surface area (Å²) in [5.41, 5.74) is 2.10. The van der Waals surface area contributed by atoms with E-state index < -0.39 is 0 Å². The molecule has 8 nitrogen and oxygen atoms in total. The molecule has 1 aromatic carbocycles. The molecule has 0 spiro atoms. The van der Waals surface area contributed by atoms with Gasteiger partial charge in [0, 0.05) is 39.3 Å². The smallest absolute Gasteiger partial charge is 0.274 e. The number of methoxy groups -OCH3 is 2. The highest BCUT2D eigenvalue weighted by atomic mass is 16.5. The van der Waals surface area contributed by atoms with Gasteiger partial charge in [0.15, 0.2) is 11.5 Å². The lowest BCUT2D eigenvalue weighted by atomic mass is 10.1. The number of likely N-dealkylation sites (N-methyl/N-ethyl adjacent to an activating group) is 1. The molecule has 0 fully saturated rings. The number of aromatic nitrogens is 2. The monoisotopic (exact) mass is 442 g/mol. The zero-order valence-corrected chi connectivity index (χ0v) is 19.9. The van der Waals surface area contributed by atoms with Gasteiger partial charge in [-0.15, -0.1) is 0 Å². The number of ether oxygens (including phenoxy) is 2. The van der Waals surface area contributed by atoms with E-state index in [1.165, 1.54) is 6.20 Å². The Morgan fingerprint density at radius 3 is 2.34 bits per heavy atom. The van der Waals surface area contributed by atoms with Crippen LogP contribution in [0, 0.1) is 12.8 Å². The van der Waals surface area contributed by atoms with E-state index in [-0.39, 0.29) is 24.2 Å². The van der Waals surface area contributed by atoms with Gasteiger partial charge in [-0.25, -0.2) is 4.98 Å². The van der Waals surface area contributed by atoms with E-state index in [2.05, 4.69) is 9.97 Å². The van der Waals surface area contributed by atoms with Crippen LogP contribution in [-0.2, 0) is 11.2 Å². The zero-order chi connectivity index (χ0) is 23.7. The molecule has 2 amide bonds. The van der Waals surface area contributed by atoms with Crippen LogP contribution in [0.3, 0.4) is 0 Å². The van der Waals surface area contributed by atoms with Crippen LogP contribution in [0.2, 0.25) is 0 Å². The molecule has 2 rings (SSSR count). The van der Waals surface area contributed by atoms with Crippen molar-refractivity contribution in [3.8, 4) is 11.5 Å². The number of aryl methyl sites for hydroxylation is 1. The summed E-state index contributed by atoms with van der Waals surface area (Å²) in [4.78, 5) is 37.3. The summed E-state index contributed by atoms with van der Waals surface area (Å²) in [5.74, 6) is 1.40. The molecule has 0 bridgehead atoms. The van der Waals surface area contributed by atoms with E-state index in [9.17, 15) is 9.59 Å². The predicted molar refractivity (Wildman–Crippen MR) is 123 cm³/mol. The highest BCUT2D eigenvalue weighted by Gasteiger charge is 2.20. The lowest BCUT2D eigenvalue weighted by Crippen LogP contribution is -2.38. The molecule has 1 aromatic heterocycles. The zero-order valence-electron chi connectivity index (χ0n) is 19.9. The minimum absolute atomic E-state index is 0.0120. The van der Waals surface area contributed by atoms with Gasteiger partial charge in [-0.3, -0.25) is 14.6 Å². The van der Waals surface area contributed by atoms with Gasteiger partial charge in [0.1, 0.15) is 5.69 Å². The molecule has 8 heteroatoms. The fourth-order valence-electron chi connectivity index (χ4n) is 3.26. The molecule has 32 heavy (non-hydrogen) atoms. The van der Waals surface area contributed by atoms with E-state index in [0.29, 0.717) is 43.2 Å². The molecule has 0 N–H and O–H groups in total. The molecule has 0 radical (unpaired) electrons. The van der Waals surface area contributed by atoms with Gasteiger partial charge >= 0.3 is 0 Å². The lowest BCUT2D eigenvalue weighted by Gasteiger charge is -2.25. The topological polar surface area (TPSA) is 84.9 Å². The summed E-state index contributed by atoms with van der Waals surface area (Å²) < 4.78 is 10.6. The van der Waals surface area contributed by atoms with Crippen LogP contribution in [0.15, 0.2) is 30.6 Å². The fourth-order valence-corrected chi connectivity index (χ4v) is 3.26. The molecule has 0 aliphatic carbocycles. The van der Waals surface area contributed by atoms with Crippen LogP contribution >= 0.6 is 0 Å². The normalized spacial score (nSPS) is 10.7. The first-order valence-corrected chi connectivity index (χ1v) is 10.8. The first-order chi connectivity index (χ1) is 15.2. The van der Waals surface area contributed by atoms with E-state index in [0.717, 1.165) is 11.3 Å². The number of benzene rings is 1. The van der Waals surface area contributed by atoms with E-state index in [4.69, 9.17) is 9.47 Å². The van der Waals surface area contributed by atoms with Gasteiger partial charge in [-0.05, 0) is 37.0 Å². The van der Waals surface area contributed by atoms with Crippen LogP contribution in [0.1, 0.15) is 42.0 Å². The number of amides is 2. The summed E-state index contributed by atoms with van der Waals surface area (Å²) in [6.45, 7) is 7.36. The van der Waals surface area contributed by atoms with Crippen LogP contribution in [0.4, 0.5) is 0 Å². The van der Waals surface area contributed by atoms with Crippen LogP contribution < -0.4 is 9.47 Å². The number of hydrogen-bond acceptors (Lipinski definition) is 6. The first-order valence-electron chi connectivity index (χ1n) is 10.8. The maximum absolute atomic E-state index is 12.9. The summed E-state index contributed by atoms with van der Waals surface area (Å²) >= 11 is 0. The van der Waals surface area contributed by atoms with E-state index >= 15 is 0 Å². The molecule has 0 aliphatic rings. The van der Waals surface area contributed by atoms with Crippen molar-refractivity contribution in [2.45, 2.75) is 33.6 Å². The largest absolute Gasteiger partial charge is 0.493 e. The summed E-state index contributed by atoms with van der Waals surface area (Å²) in [5, 5.41) is 0. The third-order valence-electron chi connectivity index (χ3n) is 5.08. The van der Waals surface area contributed by atoms with E-state index in [1.807, 2.05) is 39.0 Å². The van der Waals surface area contributed by atoms with Crippen LogP contribution in [0.25, 0.3) is 0 Å². The van der Waals surface area contributed by atoms with Gasteiger partial charge in [-0.2, -0.15) is 0 Å². The average molecular weight is 443 g/mol. The minimum atomic E-state index is -0.202. The maximum Gasteiger partial charge on any atom is 0.274 e. The molecule has 0 atom stereocenters. The van der Waals surface area contributed by atoms with E-state index in [1.54, 1.807) is 37.3 Å². The summed E-state index contributed by atoms with van der Waals surface area (Å²) in [7, 11) is 4.98. The average Bonchev–Trinajstić information content (AvgIpc) is 2.79. The highest BCUT2D eigenvalue weighted by Crippen LogP contribution is 2.27. The Balaban J connectivity index is 1.93. The molecule has 0 aliphatic heterocycles. The van der Waals surface area contributed by atoms with Gasteiger partial charge in [0.05, 0.1) is 26.1 Å². The van der Waals surface area contributed by atoms with Crippen molar-refractivity contribution in [3.05, 3.63) is 47.5 Å². The Morgan fingerprint density at radius 2 is 1.75 bits per heavy atom. The second kappa shape index (κ2) is 12.0. The standard InChI is InChI=1S/C24H34N4O4/c1-17(2)16-28(24(30)20-15-25-18(3)14-26-20)12-10-23(29)27(4)11-9-19-7-8-21(31-5)22(13-19)32-6/h7-8,13-15,17H,9-12,16H2,1-6H3. The van der Waals surface area contributed by atoms with Crippen molar-refractivity contribution in [3.63, 3.8) is 0 Å². The summed E-state index contributed by atoms with van der Waals surface area (Å²) in [6.07, 6.45) is 4.01. The van der Waals surface area contributed by atoms with Crippen molar-refractivity contribution in [1.82, 2.24) is 19.8 Å². The molecular formula is C24H34N4O4. The molecule has 0 saturated carbocycles. The third-order valence-corrected chi connectivity index (χ3v) is 5.08. The number of rotatable bonds is 11. The van der Waals surface area contributed by atoms with Crippen molar-refractivity contribution in [2.24, 2.45) is 5.92 Å².